The van der Waals surface area contributed by atoms with Gasteiger partial charge in [-0.2, -0.15) is 0 Å². The molecular weight excluding hydrogens is 383 g/mol. The molecule has 8 heteroatoms. The summed E-state index contributed by atoms with van der Waals surface area (Å²) in [6, 6.07) is 11.6. The molecule has 2 amide bonds. The average Bonchev–Trinajstić information content (AvgIpc) is 2.64. The summed E-state index contributed by atoms with van der Waals surface area (Å²) in [5.41, 5.74) is 2.33. The minimum absolute atomic E-state index is 0.103. The highest BCUT2D eigenvalue weighted by Crippen LogP contribution is 2.21. The standard InChI is InChI=1S/C20H24ClFN4O2/c1-25(2)15-8-5-13(6-9-15)18(26(3)4)12-23-19(27)20(28)24-14-7-10-17(22)16(21)11-14/h5-11,18H,12H2,1-4H3,(H,23,27)(H,24,28)/t18-/m0/s1. The number of likely N-dealkylation sites (N-methyl/N-ethyl adjacent to an activating group) is 1. The Kier molecular flexibility index (Phi) is 7.37. The van der Waals surface area contributed by atoms with Gasteiger partial charge in [-0.05, 0) is 50.0 Å². The Bertz CT molecular complexity index is 841. The number of hydrogen-bond donors (Lipinski definition) is 2. The van der Waals surface area contributed by atoms with Gasteiger partial charge in [0.1, 0.15) is 5.82 Å². The van der Waals surface area contributed by atoms with Crippen LogP contribution in [0.4, 0.5) is 15.8 Å². The van der Waals surface area contributed by atoms with E-state index < -0.39 is 17.6 Å². The van der Waals surface area contributed by atoms with Crippen molar-refractivity contribution in [2.24, 2.45) is 0 Å². The van der Waals surface area contributed by atoms with Gasteiger partial charge < -0.3 is 20.4 Å². The number of rotatable bonds is 6. The lowest BCUT2D eigenvalue weighted by Gasteiger charge is -2.25. The van der Waals surface area contributed by atoms with E-state index in [2.05, 4.69) is 10.6 Å². The van der Waals surface area contributed by atoms with Crippen molar-refractivity contribution in [3.63, 3.8) is 0 Å². The van der Waals surface area contributed by atoms with Gasteiger partial charge in [-0.1, -0.05) is 23.7 Å². The summed E-state index contributed by atoms with van der Waals surface area (Å²) in [7, 11) is 7.73. The van der Waals surface area contributed by atoms with Crippen LogP contribution in [0, 0.1) is 5.82 Å². The third-order valence-electron chi connectivity index (χ3n) is 4.26. The largest absolute Gasteiger partial charge is 0.378 e. The number of amides is 2. The molecule has 28 heavy (non-hydrogen) atoms. The molecule has 0 saturated carbocycles. The molecular formula is C20H24ClFN4O2. The van der Waals surface area contributed by atoms with Crippen LogP contribution in [0.2, 0.25) is 5.02 Å². The molecule has 0 aliphatic heterocycles. The van der Waals surface area contributed by atoms with E-state index in [4.69, 9.17) is 11.6 Å². The zero-order valence-electron chi connectivity index (χ0n) is 16.3. The zero-order chi connectivity index (χ0) is 20.8. The smallest absolute Gasteiger partial charge is 0.313 e. The predicted molar refractivity (Wildman–Crippen MR) is 110 cm³/mol. The van der Waals surface area contributed by atoms with Crippen molar-refractivity contribution in [2.45, 2.75) is 6.04 Å². The van der Waals surface area contributed by atoms with E-state index in [9.17, 15) is 14.0 Å². The molecule has 0 aliphatic carbocycles. The second-order valence-electron chi connectivity index (χ2n) is 6.76. The van der Waals surface area contributed by atoms with Crippen LogP contribution in [-0.2, 0) is 9.59 Å². The molecule has 0 aliphatic rings. The lowest BCUT2D eigenvalue weighted by Crippen LogP contribution is -2.40. The Balaban J connectivity index is 1.99. The molecule has 0 unspecified atom stereocenters. The summed E-state index contributed by atoms with van der Waals surface area (Å²) < 4.78 is 13.2. The van der Waals surface area contributed by atoms with Crippen molar-refractivity contribution in [2.75, 3.05) is 45.0 Å². The Hall–Kier alpha value is -2.64. The normalized spacial score (nSPS) is 11.8. The monoisotopic (exact) mass is 406 g/mol. The molecule has 2 aromatic rings. The number of hydrogen-bond acceptors (Lipinski definition) is 4. The van der Waals surface area contributed by atoms with Crippen molar-refractivity contribution in [1.82, 2.24) is 10.2 Å². The van der Waals surface area contributed by atoms with Gasteiger partial charge in [-0.25, -0.2) is 4.39 Å². The van der Waals surface area contributed by atoms with Crippen molar-refractivity contribution in [1.29, 1.82) is 0 Å². The number of halogens is 2. The van der Waals surface area contributed by atoms with Gasteiger partial charge in [0.05, 0.1) is 11.1 Å². The highest BCUT2D eigenvalue weighted by Gasteiger charge is 2.19. The molecule has 0 saturated heterocycles. The van der Waals surface area contributed by atoms with Crippen LogP contribution in [0.5, 0.6) is 0 Å². The van der Waals surface area contributed by atoms with E-state index in [1.165, 1.54) is 12.1 Å². The predicted octanol–water partition coefficient (Wildman–Crippen LogP) is 2.90. The summed E-state index contributed by atoms with van der Waals surface area (Å²) in [6.07, 6.45) is 0. The highest BCUT2D eigenvalue weighted by molar-refractivity contribution is 6.39. The summed E-state index contributed by atoms with van der Waals surface area (Å²) in [5, 5.41) is 4.90. The highest BCUT2D eigenvalue weighted by atomic mass is 35.5. The van der Waals surface area contributed by atoms with Gasteiger partial charge >= 0.3 is 11.8 Å². The van der Waals surface area contributed by atoms with E-state index in [0.717, 1.165) is 17.3 Å². The molecule has 6 nitrogen and oxygen atoms in total. The fraction of sp³-hybridized carbons (Fsp3) is 0.300. The molecule has 2 aromatic carbocycles. The first-order valence-electron chi connectivity index (χ1n) is 8.67. The molecule has 0 spiro atoms. The molecule has 1 atom stereocenters. The second-order valence-corrected chi connectivity index (χ2v) is 7.17. The summed E-state index contributed by atoms with van der Waals surface area (Å²) in [5.74, 6) is -2.22. The van der Waals surface area contributed by atoms with Gasteiger partial charge in [0.15, 0.2) is 0 Å². The fourth-order valence-corrected chi connectivity index (χ4v) is 2.81. The van der Waals surface area contributed by atoms with Crippen LogP contribution in [0.1, 0.15) is 11.6 Å². The quantitative estimate of drug-likeness (QED) is 0.724. The number of carbonyl (C=O) groups excluding carboxylic acids is 2. The Morgan fingerprint density at radius 1 is 1.04 bits per heavy atom. The zero-order valence-corrected chi connectivity index (χ0v) is 17.0. The van der Waals surface area contributed by atoms with Gasteiger partial charge in [0, 0.05) is 32.0 Å². The van der Waals surface area contributed by atoms with Crippen LogP contribution in [0.25, 0.3) is 0 Å². The van der Waals surface area contributed by atoms with Crippen LogP contribution in [0.15, 0.2) is 42.5 Å². The van der Waals surface area contributed by atoms with E-state index in [0.29, 0.717) is 0 Å². The maximum absolute atomic E-state index is 13.2. The topological polar surface area (TPSA) is 64.7 Å². The van der Waals surface area contributed by atoms with Gasteiger partial charge in [-0.3, -0.25) is 9.59 Å². The maximum Gasteiger partial charge on any atom is 0.313 e. The van der Waals surface area contributed by atoms with Crippen LogP contribution < -0.4 is 15.5 Å². The van der Waals surface area contributed by atoms with Crippen LogP contribution in [0.3, 0.4) is 0 Å². The van der Waals surface area contributed by atoms with Crippen molar-refractivity contribution >= 4 is 34.8 Å². The third kappa shape index (κ3) is 5.68. The van der Waals surface area contributed by atoms with E-state index in [1.54, 1.807) is 0 Å². The van der Waals surface area contributed by atoms with Gasteiger partial charge in [-0.15, -0.1) is 0 Å². The van der Waals surface area contributed by atoms with Crippen LogP contribution >= 0.6 is 11.6 Å². The lowest BCUT2D eigenvalue weighted by molar-refractivity contribution is -0.136. The molecule has 150 valence electrons. The van der Waals surface area contributed by atoms with Crippen molar-refractivity contribution in [3.05, 3.63) is 58.9 Å². The Morgan fingerprint density at radius 2 is 1.68 bits per heavy atom. The SMILES string of the molecule is CN(C)c1ccc([C@H](CNC(=O)C(=O)Nc2ccc(F)c(Cl)c2)N(C)C)cc1. The number of anilines is 2. The van der Waals surface area contributed by atoms with E-state index >= 15 is 0 Å². The Morgan fingerprint density at radius 3 is 2.21 bits per heavy atom. The summed E-state index contributed by atoms with van der Waals surface area (Å²) in [4.78, 5) is 28.2. The van der Waals surface area contributed by atoms with Crippen LogP contribution in [-0.4, -0.2) is 51.4 Å². The third-order valence-corrected chi connectivity index (χ3v) is 4.55. The molecule has 2 N–H and O–H groups in total. The minimum Gasteiger partial charge on any atom is -0.378 e. The van der Waals surface area contributed by atoms with Crippen molar-refractivity contribution < 1.29 is 14.0 Å². The molecule has 0 heterocycles. The first-order chi connectivity index (χ1) is 13.2. The molecule has 0 bridgehead atoms. The first-order valence-corrected chi connectivity index (χ1v) is 9.04. The molecule has 0 aromatic heterocycles. The number of nitrogens with one attached hydrogen (secondary N) is 2. The fourth-order valence-electron chi connectivity index (χ4n) is 2.62. The summed E-state index contributed by atoms with van der Waals surface area (Å²) in [6.45, 7) is 0.255. The number of carbonyl (C=O) groups is 2. The Labute approximate surface area is 169 Å². The lowest BCUT2D eigenvalue weighted by atomic mass is 10.1. The van der Waals surface area contributed by atoms with Gasteiger partial charge in [0.25, 0.3) is 0 Å². The average molecular weight is 407 g/mol. The number of benzene rings is 2. The summed E-state index contributed by atoms with van der Waals surface area (Å²) >= 11 is 5.68. The molecule has 2 rings (SSSR count). The maximum atomic E-state index is 13.2. The molecule has 0 fully saturated rings. The first kappa shape index (κ1) is 21.7. The minimum atomic E-state index is -0.844. The van der Waals surface area contributed by atoms with Crippen molar-refractivity contribution in [3.8, 4) is 0 Å². The molecule has 0 radical (unpaired) electrons. The van der Waals surface area contributed by atoms with Gasteiger partial charge in [0.2, 0.25) is 0 Å². The van der Waals surface area contributed by atoms with E-state index in [-0.39, 0.29) is 23.3 Å². The van der Waals surface area contributed by atoms with E-state index in [1.807, 2.05) is 62.3 Å². The number of nitrogens with zero attached hydrogens (tertiary/aromatic N) is 2. The second kappa shape index (κ2) is 9.52.